The Bertz CT molecular complexity index is 531. The van der Waals surface area contributed by atoms with E-state index in [1.807, 2.05) is 0 Å². The second-order valence-corrected chi connectivity index (χ2v) is 6.89. The number of aryl methyl sites for hydroxylation is 1. The molecule has 2 rings (SSSR count). The van der Waals surface area contributed by atoms with Gasteiger partial charge in [0.1, 0.15) is 0 Å². The molecule has 0 N–H and O–H groups in total. The van der Waals surface area contributed by atoms with Gasteiger partial charge in [0.15, 0.2) is 0 Å². The number of hydrogen-bond donors (Lipinski definition) is 0. The van der Waals surface area contributed by atoms with E-state index in [4.69, 9.17) is 4.74 Å². The van der Waals surface area contributed by atoms with Crippen molar-refractivity contribution in [2.24, 2.45) is 0 Å². The second kappa shape index (κ2) is 7.77. The predicted octanol–water partition coefficient (Wildman–Crippen LogP) is 5.42. The van der Waals surface area contributed by atoms with Crippen LogP contribution in [0.4, 0.5) is 0 Å². The van der Waals surface area contributed by atoms with Crippen molar-refractivity contribution in [2.75, 3.05) is 6.61 Å². The van der Waals surface area contributed by atoms with Crippen molar-refractivity contribution in [3.8, 4) is 0 Å². The molecule has 1 nitrogen and oxygen atoms in total. The fraction of sp³-hybridized carbons (Fsp3) is 0.368. The molecule has 0 aromatic heterocycles. The largest absolute Gasteiger partial charge is 0.375 e. The molecule has 0 spiro atoms. The first kappa shape index (κ1) is 16.3. The Morgan fingerprint density at radius 3 is 2.14 bits per heavy atom. The van der Waals surface area contributed by atoms with Crippen LogP contribution in [-0.2, 0) is 17.6 Å². The summed E-state index contributed by atoms with van der Waals surface area (Å²) in [5, 5.41) is 0. The first-order valence-electron chi connectivity index (χ1n) is 7.47. The SMILES string of the molecule is CC(C)(CCc1ccccc1)OCCc1ccc(Br)cc1. The Morgan fingerprint density at radius 1 is 0.857 bits per heavy atom. The second-order valence-electron chi connectivity index (χ2n) is 5.97. The summed E-state index contributed by atoms with van der Waals surface area (Å²) in [7, 11) is 0. The maximum absolute atomic E-state index is 6.07. The van der Waals surface area contributed by atoms with Gasteiger partial charge in [-0.25, -0.2) is 0 Å². The van der Waals surface area contributed by atoms with Crippen LogP contribution in [0.5, 0.6) is 0 Å². The van der Waals surface area contributed by atoms with Gasteiger partial charge >= 0.3 is 0 Å². The molecule has 21 heavy (non-hydrogen) atoms. The molecule has 0 aliphatic carbocycles. The molecule has 0 saturated heterocycles. The minimum atomic E-state index is -0.0782. The molecule has 0 aliphatic rings. The lowest BCUT2D eigenvalue weighted by atomic mass is 9.98. The quantitative estimate of drug-likeness (QED) is 0.650. The molecule has 2 aromatic carbocycles. The molecule has 0 radical (unpaired) electrons. The molecule has 2 heteroatoms. The van der Waals surface area contributed by atoms with Gasteiger partial charge < -0.3 is 4.74 Å². The van der Waals surface area contributed by atoms with Gasteiger partial charge in [-0.3, -0.25) is 0 Å². The Balaban J connectivity index is 1.74. The lowest BCUT2D eigenvalue weighted by molar-refractivity contribution is -0.0215. The average molecular weight is 347 g/mol. The minimum absolute atomic E-state index is 0.0782. The molecule has 0 fully saturated rings. The maximum atomic E-state index is 6.07. The zero-order valence-corrected chi connectivity index (χ0v) is 14.4. The lowest BCUT2D eigenvalue weighted by Crippen LogP contribution is -2.26. The van der Waals surface area contributed by atoms with E-state index < -0.39 is 0 Å². The standard InChI is InChI=1S/C19H23BrO/c1-19(2,14-12-16-6-4-3-5-7-16)21-15-13-17-8-10-18(20)11-9-17/h3-11H,12-15H2,1-2H3. The van der Waals surface area contributed by atoms with Gasteiger partial charge in [0, 0.05) is 4.47 Å². The average Bonchev–Trinajstić information content (AvgIpc) is 2.48. The van der Waals surface area contributed by atoms with Crippen LogP contribution < -0.4 is 0 Å². The third kappa shape index (κ3) is 6.03. The summed E-state index contributed by atoms with van der Waals surface area (Å²) in [5.41, 5.74) is 2.62. The Labute approximate surface area is 136 Å². The van der Waals surface area contributed by atoms with Crippen LogP contribution in [0.2, 0.25) is 0 Å². The molecule has 0 unspecified atom stereocenters. The van der Waals surface area contributed by atoms with Gasteiger partial charge in [0.2, 0.25) is 0 Å². The fourth-order valence-corrected chi connectivity index (χ4v) is 2.52. The predicted molar refractivity (Wildman–Crippen MR) is 92.6 cm³/mol. The van der Waals surface area contributed by atoms with Crippen molar-refractivity contribution >= 4 is 15.9 Å². The lowest BCUT2D eigenvalue weighted by Gasteiger charge is -2.25. The van der Waals surface area contributed by atoms with E-state index in [1.54, 1.807) is 0 Å². The van der Waals surface area contributed by atoms with Gasteiger partial charge in [-0.1, -0.05) is 58.4 Å². The third-order valence-electron chi connectivity index (χ3n) is 3.66. The number of benzene rings is 2. The highest BCUT2D eigenvalue weighted by molar-refractivity contribution is 9.10. The highest BCUT2D eigenvalue weighted by Gasteiger charge is 2.17. The van der Waals surface area contributed by atoms with E-state index in [-0.39, 0.29) is 5.60 Å². The number of hydrogen-bond acceptors (Lipinski definition) is 1. The van der Waals surface area contributed by atoms with E-state index in [0.29, 0.717) is 0 Å². The number of ether oxygens (including phenoxy) is 1. The van der Waals surface area contributed by atoms with Crippen molar-refractivity contribution in [3.63, 3.8) is 0 Å². The highest BCUT2D eigenvalue weighted by atomic mass is 79.9. The van der Waals surface area contributed by atoms with E-state index in [9.17, 15) is 0 Å². The molecule has 0 atom stereocenters. The zero-order valence-electron chi connectivity index (χ0n) is 12.8. The van der Waals surface area contributed by atoms with Crippen LogP contribution in [0.1, 0.15) is 31.4 Å². The van der Waals surface area contributed by atoms with Gasteiger partial charge in [0.25, 0.3) is 0 Å². The third-order valence-corrected chi connectivity index (χ3v) is 4.18. The summed E-state index contributed by atoms with van der Waals surface area (Å²) < 4.78 is 7.19. The summed E-state index contributed by atoms with van der Waals surface area (Å²) in [4.78, 5) is 0. The Morgan fingerprint density at radius 2 is 1.48 bits per heavy atom. The summed E-state index contributed by atoms with van der Waals surface area (Å²) in [5.74, 6) is 0. The van der Waals surface area contributed by atoms with Crippen molar-refractivity contribution in [1.29, 1.82) is 0 Å². The van der Waals surface area contributed by atoms with Crippen molar-refractivity contribution in [1.82, 2.24) is 0 Å². The number of halogens is 1. The first-order valence-corrected chi connectivity index (χ1v) is 8.27. The van der Waals surface area contributed by atoms with Crippen LogP contribution in [0.3, 0.4) is 0 Å². The molecule has 2 aromatic rings. The van der Waals surface area contributed by atoms with Crippen LogP contribution in [0.15, 0.2) is 59.1 Å². The maximum Gasteiger partial charge on any atom is 0.0629 e. The molecule has 0 bridgehead atoms. The summed E-state index contributed by atoms with van der Waals surface area (Å²) >= 11 is 3.46. The van der Waals surface area contributed by atoms with Crippen LogP contribution >= 0.6 is 15.9 Å². The van der Waals surface area contributed by atoms with Crippen LogP contribution in [-0.4, -0.2) is 12.2 Å². The molecular weight excluding hydrogens is 324 g/mol. The smallest absolute Gasteiger partial charge is 0.0629 e. The van der Waals surface area contributed by atoms with Gasteiger partial charge in [-0.15, -0.1) is 0 Å². The van der Waals surface area contributed by atoms with Gasteiger partial charge in [-0.05, 0) is 56.4 Å². The Hall–Kier alpha value is -1.12. The molecule has 0 saturated carbocycles. The topological polar surface area (TPSA) is 9.23 Å². The molecule has 0 amide bonds. The highest BCUT2D eigenvalue weighted by Crippen LogP contribution is 2.19. The summed E-state index contributed by atoms with van der Waals surface area (Å²) in [6.07, 6.45) is 3.06. The van der Waals surface area contributed by atoms with Crippen LogP contribution in [0, 0.1) is 0 Å². The molecule has 0 aliphatic heterocycles. The van der Waals surface area contributed by atoms with Crippen molar-refractivity contribution < 1.29 is 4.74 Å². The van der Waals surface area contributed by atoms with Gasteiger partial charge in [0.05, 0.1) is 12.2 Å². The molecular formula is C19H23BrO. The monoisotopic (exact) mass is 346 g/mol. The van der Waals surface area contributed by atoms with E-state index in [2.05, 4.69) is 84.4 Å². The normalized spacial score (nSPS) is 11.6. The van der Waals surface area contributed by atoms with E-state index in [1.165, 1.54) is 11.1 Å². The summed E-state index contributed by atoms with van der Waals surface area (Å²) in [6, 6.07) is 19.0. The number of rotatable bonds is 7. The summed E-state index contributed by atoms with van der Waals surface area (Å²) in [6.45, 7) is 5.12. The molecule has 0 heterocycles. The minimum Gasteiger partial charge on any atom is -0.375 e. The van der Waals surface area contributed by atoms with Crippen LogP contribution in [0.25, 0.3) is 0 Å². The van der Waals surface area contributed by atoms with E-state index in [0.717, 1.165) is 30.3 Å². The first-order chi connectivity index (χ1) is 10.1. The fourth-order valence-electron chi connectivity index (χ4n) is 2.26. The molecule has 112 valence electrons. The van der Waals surface area contributed by atoms with Gasteiger partial charge in [-0.2, -0.15) is 0 Å². The van der Waals surface area contributed by atoms with Crippen molar-refractivity contribution in [2.45, 2.75) is 38.7 Å². The Kier molecular flexibility index (Phi) is 6.01. The van der Waals surface area contributed by atoms with Crippen molar-refractivity contribution in [3.05, 3.63) is 70.2 Å². The van der Waals surface area contributed by atoms with E-state index >= 15 is 0 Å². The zero-order chi connectivity index (χ0) is 15.1.